The maximum atomic E-state index is 12.8. The first-order valence-electron chi connectivity index (χ1n) is 13.6. The fourth-order valence-electron chi connectivity index (χ4n) is 4.21. The van der Waals surface area contributed by atoms with Crippen LogP contribution in [0.4, 0.5) is 5.69 Å². The average Bonchev–Trinajstić information content (AvgIpc) is 3.01. The van der Waals surface area contributed by atoms with Crippen LogP contribution in [-0.2, 0) is 18.0 Å². The minimum absolute atomic E-state index is 0.0235. The summed E-state index contributed by atoms with van der Waals surface area (Å²) >= 11 is 0. The highest BCUT2D eigenvalue weighted by Crippen LogP contribution is 2.32. The number of hydrogen-bond acceptors (Lipinski definition) is 6. The fourth-order valence-corrected chi connectivity index (χ4v) is 4.21. The molecule has 42 heavy (non-hydrogen) atoms. The van der Waals surface area contributed by atoms with Crippen molar-refractivity contribution in [3.8, 4) is 29.1 Å². The summed E-state index contributed by atoms with van der Waals surface area (Å²) < 4.78 is 23.4. The van der Waals surface area contributed by atoms with E-state index in [4.69, 9.17) is 18.9 Å². The first-order chi connectivity index (χ1) is 20.4. The third-order valence-electron chi connectivity index (χ3n) is 6.66. The van der Waals surface area contributed by atoms with Crippen LogP contribution in [0, 0.1) is 25.2 Å². The van der Waals surface area contributed by atoms with Gasteiger partial charge < -0.3 is 24.3 Å². The molecular weight excluding hydrogens is 528 g/mol. The normalized spacial score (nSPS) is 10.9. The summed E-state index contributed by atoms with van der Waals surface area (Å²) in [5, 5.41) is 12.5. The van der Waals surface area contributed by atoms with Gasteiger partial charge >= 0.3 is 0 Å². The summed E-state index contributed by atoms with van der Waals surface area (Å²) in [6, 6.07) is 28.6. The number of anilines is 1. The zero-order valence-corrected chi connectivity index (χ0v) is 24.3. The molecular formula is C35H34N2O5. The Bertz CT molecular complexity index is 1610. The van der Waals surface area contributed by atoms with Crippen molar-refractivity contribution in [1.29, 1.82) is 5.26 Å². The van der Waals surface area contributed by atoms with E-state index in [1.54, 1.807) is 25.3 Å². The zero-order valence-electron chi connectivity index (χ0n) is 24.3. The van der Waals surface area contributed by atoms with E-state index in [-0.39, 0.29) is 12.2 Å². The van der Waals surface area contributed by atoms with Crippen molar-refractivity contribution in [2.45, 2.75) is 34.0 Å². The first-order valence-corrected chi connectivity index (χ1v) is 13.6. The smallest absolute Gasteiger partial charge is 0.266 e. The molecule has 0 radical (unpaired) electrons. The number of nitriles is 1. The second kappa shape index (κ2) is 14.4. The SMILES string of the molecule is CCOc1cc(COc2ccc(/C=C(/C#N)C(=O)Nc3cccc(C)c3C)cc2OC)ccc1OCc1ccccc1. The molecule has 0 aromatic heterocycles. The van der Waals surface area contributed by atoms with Gasteiger partial charge in [-0.3, -0.25) is 4.79 Å². The van der Waals surface area contributed by atoms with Gasteiger partial charge in [0.05, 0.1) is 13.7 Å². The quantitative estimate of drug-likeness (QED) is 0.143. The van der Waals surface area contributed by atoms with Gasteiger partial charge in [-0.1, -0.05) is 54.6 Å². The Kier molecular flexibility index (Phi) is 10.2. The topological polar surface area (TPSA) is 89.8 Å². The Hall–Kier alpha value is -5.22. The highest BCUT2D eigenvalue weighted by atomic mass is 16.5. The molecule has 0 atom stereocenters. The van der Waals surface area contributed by atoms with Crippen molar-refractivity contribution in [2.75, 3.05) is 19.0 Å². The third-order valence-corrected chi connectivity index (χ3v) is 6.66. The van der Waals surface area contributed by atoms with E-state index in [0.29, 0.717) is 47.5 Å². The third kappa shape index (κ3) is 7.70. The van der Waals surface area contributed by atoms with Crippen LogP contribution in [0.1, 0.15) is 34.7 Å². The van der Waals surface area contributed by atoms with Gasteiger partial charge in [-0.15, -0.1) is 0 Å². The van der Waals surface area contributed by atoms with Crippen molar-refractivity contribution in [2.24, 2.45) is 0 Å². The van der Waals surface area contributed by atoms with Crippen molar-refractivity contribution in [3.05, 3.63) is 118 Å². The molecule has 0 aliphatic heterocycles. The maximum Gasteiger partial charge on any atom is 0.266 e. The van der Waals surface area contributed by atoms with Crippen molar-refractivity contribution in [1.82, 2.24) is 0 Å². The monoisotopic (exact) mass is 562 g/mol. The van der Waals surface area contributed by atoms with Crippen molar-refractivity contribution < 1.29 is 23.7 Å². The van der Waals surface area contributed by atoms with Crippen LogP contribution in [0.3, 0.4) is 0 Å². The Morgan fingerprint density at radius 1 is 0.810 bits per heavy atom. The largest absolute Gasteiger partial charge is 0.493 e. The second-order valence-electron chi connectivity index (χ2n) is 9.56. The lowest BCUT2D eigenvalue weighted by Crippen LogP contribution is -2.14. The lowest BCUT2D eigenvalue weighted by molar-refractivity contribution is -0.112. The van der Waals surface area contributed by atoms with Crippen LogP contribution < -0.4 is 24.3 Å². The highest BCUT2D eigenvalue weighted by Gasteiger charge is 2.14. The minimum atomic E-state index is -0.480. The fraction of sp³-hybridized carbons (Fsp3) is 0.200. The number of benzene rings is 4. The van der Waals surface area contributed by atoms with Crippen LogP contribution in [0.15, 0.2) is 90.5 Å². The van der Waals surface area contributed by atoms with Crippen LogP contribution >= 0.6 is 0 Å². The lowest BCUT2D eigenvalue weighted by atomic mass is 10.1. The molecule has 0 saturated carbocycles. The Labute approximate surface area is 246 Å². The number of nitrogens with one attached hydrogen (secondary N) is 1. The molecule has 214 valence electrons. The number of aryl methyl sites for hydroxylation is 1. The van der Waals surface area contributed by atoms with E-state index in [0.717, 1.165) is 22.3 Å². The molecule has 7 heteroatoms. The van der Waals surface area contributed by atoms with E-state index >= 15 is 0 Å². The summed E-state index contributed by atoms with van der Waals surface area (Å²) in [7, 11) is 1.54. The average molecular weight is 563 g/mol. The number of hydrogen-bond donors (Lipinski definition) is 1. The molecule has 1 N–H and O–H groups in total. The number of methoxy groups -OCH3 is 1. The molecule has 0 heterocycles. The van der Waals surface area contributed by atoms with Crippen LogP contribution in [0.2, 0.25) is 0 Å². The summed E-state index contributed by atoms with van der Waals surface area (Å²) in [4.78, 5) is 12.8. The Morgan fingerprint density at radius 3 is 2.24 bits per heavy atom. The molecule has 0 bridgehead atoms. The van der Waals surface area contributed by atoms with E-state index in [1.807, 2.05) is 93.6 Å². The van der Waals surface area contributed by atoms with E-state index < -0.39 is 5.91 Å². The molecule has 1 amide bonds. The molecule has 4 aromatic rings. The van der Waals surface area contributed by atoms with Crippen molar-refractivity contribution in [3.63, 3.8) is 0 Å². The molecule has 0 aliphatic rings. The highest BCUT2D eigenvalue weighted by molar-refractivity contribution is 6.10. The number of amides is 1. The van der Waals surface area contributed by atoms with E-state index in [1.165, 1.54) is 6.08 Å². The van der Waals surface area contributed by atoms with Gasteiger partial charge in [0, 0.05) is 5.69 Å². The van der Waals surface area contributed by atoms with Gasteiger partial charge in [0.2, 0.25) is 0 Å². The summed E-state index contributed by atoms with van der Waals surface area (Å²) in [5.74, 6) is 1.82. The number of carbonyl (C=O) groups is 1. The number of nitrogens with zero attached hydrogens (tertiary/aromatic N) is 1. The molecule has 4 aromatic carbocycles. The van der Waals surface area contributed by atoms with E-state index in [2.05, 4.69) is 5.32 Å². The second-order valence-corrected chi connectivity index (χ2v) is 9.56. The summed E-state index contributed by atoms with van der Waals surface area (Å²) in [6.07, 6.45) is 1.52. The molecule has 0 fully saturated rings. The standard InChI is InChI=1S/C35H34N2O5/c1-5-40-34-20-28(15-17-32(34)41-22-26-11-7-6-8-12-26)23-42-31-16-14-27(19-33(31)39-4)18-29(21-36)35(38)37-30-13-9-10-24(2)25(30)3/h6-20H,5,22-23H2,1-4H3,(H,37,38)/b29-18-. The van der Waals surface area contributed by atoms with Gasteiger partial charge in [0.15, 0.2) is 23.0 Å². The maximum absolute atomic E-state index is 12.8. The molecule has 0 spiro atoms. The van der Waals surface area contributed by atoms with Crippen molar-refractivity contribution >= 4 is 17.7 Å². The first kappa shape index (κ1) is 29.8. The minimum Gasteiger partial charge on any atom is -0.493 e. The van der Waals surface area contributed by atoms with Crippen LogP contribution in [-0.4, -0.2) is 19.6 Å². The molecule has 0 saturated heterocycles. The van der Waals surface area contributed by atoms with E-state index in [9.17, 15) is 10.1 Å². The summed E-state index contributed by atoms with van der Waals surface area (Å²) in [6.45, 7) is 7.03. The van der Waals surface area contributed by atoms with Crippen LogP contribution in [0.25, 0.3) is 6.08 Å². The molecule has 0 aliphatic carbocycles. The number of ether oxygens (including phenoxy) is 4. The summed E-state index contributed by atoms with van der Waals surface area (Å²) in [5.41, 5.74) is 5.25. The van der Waals surface area contributed by atoms with Gasteiger partial charge in [-0.2, -0.15) is 5.26 Å². The van der Waals surface area contributed by atoms with Gasteiger partial charge in [-0.05, 0) is 85.0 Å². The number of rotatable bonds is 12. The Balaban J connectivity index is 1.45. The van der Waals surface area contributed by atoms with Crippen LogP contribution in [0.5, 0.6) is 23.0 Å². The van der Waals surface area contributed by atoms with Gasteiger partial charge in [0.1, 0.15) is 24.9 Å². The lowest BCUT2D eigenvalue weighted by Gasteiger charge is -2.15. The number of carbonyl (C=O) groups excluding carboxylic acids is 1. The predicted octanol–water partition coefficient (Wildman–Crippen LogP) is 7.41. The Morgan fingerprint density at radius 2 is 1.52 bits per heavy atom. The molecule has 4 rings (SSSR count). The molecule has 7 nitrogen and oxygen atoms in total. The van der Waals surface area contributed by atoms with Gasteiger partial charge in [0.25, 0.3) is 5.91 Å². The predicted molar refractivity (Wildman–Crippen MR) is 164 cm³/mol. The van der Waals surface area contributed by atoms with Gasteiger partial charge in [-0.25, -0.2) is 0 Å². The molecule has 0 unspecified atom stereocenters. The zero-order chi connectivity index (χ0) is 29.9.